The molecule has 0 fully saturated rings. The van der Waals surface area contributed by atoms with Crippen molar-refractivity contribution in [3.05, 3.63) is 63.9 Å². The third-order valence-corrected chi connectivity index (χ3v) is 3.57. The van der Waals surface area contributed by atoms with Crippen molar-refractivity contribution in [1.29, 1.82) is 0 Å². The predicted octanol–water partition coefficient (Wildman–Crippen LogP) is 4.05. The quantitative estimate of drug-likeness (QED) is 0.917. The van der Waals surface area contributed by atoms with E-state index >= 15 is 0 Å². The van der Waals surface area contributed by atoms with Crippen molar-refractivity contribution in [2.45, 2.75) is 18.9 Å². The number of aliphatic hydroxyl groups excluding tert-OH is 1. The molecule has 1 aromatic heterocycles. The molecule has 0 aliphatic heterocycles. The van der Waals surface area contributed by atoms with Crippen molar-refractivity contribution in [2.24, 2.45) is 0 Å². The summed E-state index contributed by atoms with van der Waals surface area (Å²) in [5, 5.41) is 11.0. The third kappa shape index (κ3) is 3.22. The van der Waals surface area contributed by atoms with Gasteiger partial charge in [-0.05, 0) is 31.0 Å². The average molecular weight is 282 g/mol. The molecular weight excluding hydrogens is 269 g/mol. The first-order chi connectivity index (χ1) is 8.68. The maximum atomic E-state index is 10.1. The summed E-state index contributed by atoms with van der Waals surface area (Å²) in [6, 6.07) is 11.0. The monoisotopic (exact) mass is 281 g/mol. The van der Waals surface area contributed by atoms with Crippen LogP contribution in [0, 0.1) is 0 Å². The van der Waals surface area contributed by atoms with Gasteiger partial charge in [-0.2, -0.15) is 0 Å². The molecule has 0 radical (unpaired) electrons. The van der Waals surface area contributed by atoms with Gasteiger partial charge in [0.15, 0.2) is 0 Å². The molecule has 0 amide bonds. The largest absolute Gasteiger partial charge is 0.388 e. The van der Waals surface area contributed by atoms with Gasteiger partial charge in [0, 0.05) is 17.5 Å². The lowest BCUT2D eigenvalue weighted by Gasteiger charge is -2.13. The summed E-state index contributed by atoms with van der Waals surface area (Å²) in [7, 11) is 0. The zero-order valence-electron chi connectivity index (χ0n) is 9.68. The minimum atomic E-state index is -0.627. The number of benzene rings is 1. The molecule has 0 aliphatic carbocycles. The highest BCUT2D eigenvalue weighted by molar-refractivity contribution is 6.42. The van der Waals surface area contributed by atoms with E-state index in [9.17, 15) is 5.11 Å². The van der Waals surface area contributed by atoms with Gasteiger partial charge in [0.25, 0.3) is 0 Å². The molecular formula is C14H13Cl2NO. The van der Waals surface area contributed by atoms with Crippen molar-refractivity contribution >= 4 is 23.2 Å². The van der Waals surface area contributed by atoms with Crippen LogP contribution in [0.1, 0.15) is 23.8 Å². The first-order valence-electron chi connectivity index (χ1n) is 5.70. The van der Waals surface area contributed by atoms with Gasteiger partial charge < -0.3 is 5.11 Å². The minimum Gasteiger partial charge on any atom is -0.388 e. The van der Waals surface area contributed by atoms with Crippen molar-refractivity contribution in [2.75, 3.05) is 0 Å². The molecule has 0 bridgehead atoms. The molecule has 1 N–H and O–H groups in total. The van der Waals surface area contributed by atoms with Crippen molar-refractivity contribution < 1.29 is 5.11 Å². The fourth-order valence-electron chi connectivity index (χ4n) is 1.76. The van der Waals surface area contributed by atoms with E-state index in [4.69, 9.17) is 23.2 Å². The fraction of sp³-hybridized carbons (Fsp3) is 0.214. The SMILES string of the molecule is OC(CCc1ccccn1)c1cccc(Cl)c1Cl. The van der Waals surface area contributed by atoms with Crippen molar-refractivity contribution in [1.82, 2.24) is 4.98 Å². The third-order valence-electron chi connectivity index (χ3n) is 2.74. The molecule has 0 saturated heterocycles. The number of hydrogen-bond acceptors (Lipinski definition) is 2. The molecule has 1 heterocycles. The molecule has 4 heteroatoms. The fourth-order valence-corrected chi connectivity index (χ4v) is 2.20. The summed E-state index contributed by atoms with van der Waals surface area (Å²) in [5.74, 6) is 0. The second kappa shape index (κ2) is 6.19. The van der Waals surface area contributed by atoms with Crippen LogP contribution in [0.15, 0.2) is 42.6 Å². The Balaban J connectivity index is 2.04. The Morgan fingerprint density at radius 3 is 2.67 bits per heavy atom. The van der Waals surface area contributed by atoms with Crippen LogP contribution in [0.2, 0.25) is 10.0 Å². The summed E-state index contributed by atoms with van der Waals surface area (Å²) in [6.45, 7) is 0. The Labute approximate surface area is 116 Å². The van der Waals surface area contributed by atoms with Gasteiger partial charge in [0.2, 0.25) is 0 Å². The first-order valence-corrected chi connectivity index (χ1v) is 6.46. The second-order valence-corrected chi connectivity index (χ2v) is 4.80. The zero-order valence-corrected chi connectivity index (χ0v) is 11.2. The molecule has 0 saturated carbocycles. The van der Waals surface area contributed by atoms with Gasteiger partial charge in [0.1, 0.15) is 0 Å². The number of halogens is 2. The van der Waals surface area contributed by atoms with Gasteiger partial charge in [-0.25, -0.2) is 0 Å². The standard InChI is InChI=1S/C14H13Cl2NO/c15-12-6-3-5-11(14(12)16)13(18)8-7-10-4-1-2-9-17-10/h1-6,9,13,18H,7-8H2. The lowest BCUT2D eigenvalue weighted by molar-refractivity contribution is 0.167. The van der Waals surface area contributed by atoms with Crippen LogP contribution < -0.4 is 0 Å². The van der Waals surface area contributed by atoms with Crippen LogP contribution in [0.5, 0.6) is 0 Å². The Morgan fingerprint density at radius 1 is 1.11 bits per heavy atom. The van der Waals surface area contributed by atoms with E-state index in [-0.39, 0.29) is 0 Å². The van der Waals surface area contributed by atoms with Crippen molar-refractivity contribution in [3.8, 4) is 0 Å². The van der Waals surface area contributed by atoms with Gasteiger partial charge >= 0.3 is 0 Å². The minimum absolute atomic E-state index is 0.424. The van der Waals surface area contributed by atoms with E-state index in [1.54, 1.807) is 24.4 Å². The first kappa shape index (κ1) is 13.3. The zero-order chi connectivity index (χ0) is 13.0. The van der Waals surface area contributed by atoms with E-state index < -0.39 is 6.10 Å². The van der Waals surface area contributed by atoms with Gasteiger partial charge in [-0.1, -0.05) is 41.4 Å². The van der Waals surface area contributed by atoms with Gasteiger partial charge in [-0.3, -0.25) is 4.98 Å². The van der Waals surface area contributed by atoms with Crippen LogP contribution in [0.3, 0.4) is 0 Å². The molecule has 0 aliphatic rings. The van der Waals surface area contributed by atoms with E-state index in [0.717, 1.165) is 5.69 Å². The molecule has 18 heavy (non-hydrogen) atoms. The summed E-state index contributed by atoms with van der Waals surface area (Å²) in [4.78, 5) is 4.21. The number of pyridine rings is 1. The van der Waals surface area contributed by atoms with E-state index in [1.165, 1.54) is 0 Å². The Hall–Kier alpha value is -1.09. The summed E-state index contributed by atoms with van der Waals surface area (Å²) in [5.41, 5.74) is 1.62. The lowest BCUT2D eigenvalue weighted by atomic mass is 10.0. The highest BCUT2D eigenvalue weighted by Gasteiger charge is 2.13. The van der Waals surface area contributed by atoms with E-state index in [0.29, 0.717) is 28.5 Å². The van der Waals surface area contributed by atoms with Crippen LogP contribution in [-0.2, 0) is 6.42 Å². The number of nitrogens with zero attached hydrogens (tertiary/aromatic N) is 1. The highest BCUT2D eigenvalue weighted by Crippen LogP contribution is 2.31. The maximum absolute atomic E-state index is 10.1. The van der Waals surface area contributed by atoms with E-state index in [1.807, 2.05) is 18.2 Å². The molecule has 94 valence electrons. The predicted molar refractivity (Wildman–Crippen MR) is 74.0 cm³/mol. The molecule has 1 unspecified atom stereocenters. The number of aliphatic hydroxyl groups is 1. The Bertz CT molecular complexity index is 516. The van der Waals surface area contributed by atoms with Crippen LogP contribution >= 0.6 is 23.2 Å². The van der Waals surface area contributed by atoms with Crippen LogP contribution in [0.4, 0.5) is 0 Å². The molecule has 1 atom stereocenters. The van der Waals surface area contributed by atoms with Crippen LogP contribution in [-0.4, -0.2) is 10.1 Å². The number of hydrogen-bond donors (Lipinski definition) is 1. The van der Waals surface area contributed by atoms with Crippen LogP contribution in [0.25, 0.3) is 0 Å². The maximum Gasteiger partial charge on any atom is 0.0808 e. The van der Waals surface area contributed by atoms with Crippen molar-refractivity contribution in [3.63, 3.8) is 0 Å². The lowest BCUT2D eigenvalue weighted by Crippen LogP contribution is -2.01. The molecule has 0 spiro atoms. The number of aromatic nitrogens is 1. The summed E-state index contributed by atoms with van der Waals surface area (Å²) < 4.78 is 0. The van der Waals surface area contributed by atoms with Gasteiger partial charge in [-0.15, -0.1) is 0 Å². The molecule has 2 nitrogen and oxygen atoms in total. The molecule has 1 aromatic carbocycles. The molecule has 2 aromatic rings. The smallest absolute Gasteiger partial charge is 0.0808 e. The topological polar surface area (TPSA) is 33.1 Å². The normalized spacial score (nSPS) is 12.4. The average Bonchev–Trinajstić information content (AvgIpc) is 2.40. The Morgan fingerprint density at radius 2 is 1.94 bits per heavy atom. The van der Waals surface area contributed by atoms with Gasteiger partial charge in [0.05, 0.1) is 16.1 Å². The highest BCUT2D eigenvalue weighted by atomic mass is 35.5. The number of rotatable bonds is 4. The summed E-state index contributed by atoms with van der Waals surface area (Å²) >= 11 is 12.0. The second-order valence-electron chi connectivity index (χ2n) is 4.02. The number of aryl methyl sites for hydroxylation is 1. The molecule has 2 rings (SSSR count). The summed E-state index contributed by atoms with van der Waals surface area (Å²) in [6.07, 6.45) is 2.38. The Kier molecular flexibility index (Phi) is 4.59. The van der Waals surface area contributed by atoms with E-state index in [2.05, 4.69) is 4.98 Å².